The lowest BCUT2D eigenvalue weighted by molar-refractivity contribution is -0.116. The van der Waals surface area contributed by atoms with Crippen molar-refractivity contribution in [2.45, 2.75) is 76.7 Å². The van der Waals surface area contributed by atoms with Gasteiger partial charge in [0.2, 0.25) is 15.9 Å². The van der Waals surface area contributed by atoms with Gasteiger partial charge in [-0.25, -0.2) is 8.42 Å². The number of para-hydroxylation sites is 1. The Kier molecular flexibility index (Phi) is 7.89. The fourth-order valence-electron chi connectivity index (χ4n) is 4.35. The molecule has 0 radical (unpaired) electrons. The van der Waals surface area contributed by atoms with Crippen LogP contribution in [-0.2, 0) is 27.7 Å². The number of carbonyl (C=O) groups is 1. The minimum absolute atomic E-state index is 0.141. The number of sulfonamides is 1. The van der Waals surface area contributed by atoms with Crippen molar-refractivity contribution in [2.24, 2.45) is 0 Å². The molecule has 31 heavy (non-hydrogen) atoms. The Bertz CT molecular complexity index is 972. The van der Waals surface area contributed by atoms with Gasteiger partial charge in [-0.15, -0.1) is 0 Å². The molecule has 0 atom stereocenters. The summed E-state index contributed by atoms with van der Waals surface area (Å²) < 4.78 is 28.5. The third-order valence-corrected chi connectivity index (χ3v) is 8.08. The van der Waals surface area contributed by atoms with Gasteiger partial charge in [0.15, 0.2) is 0 Å². The maximum absolute atomic E-state index is 13.5. The number of anilines is 1. The van der Waals surface area contributed by atoms with E-state index in [2.05, 4.69) is 19.2 Å². The van der Waals surface area contributed by atoms with E-state index >= 15 is 0 Å². The molecule has 6 heteroatoms. The fourth-order valence-corrected chi connectivity index (χ4v) is 5.99. The lowest BCUT2D eigenvalue weighted by atomic mass is 9.95. The van der Waals surface area contributed by atoms with Crippen LogP contribution in [0.1, 0.15) is 62.6 Å². The summed E-state index contributed by atoms with van der Waals surface area (Å²) >= 11 is 0. The summed E-state index contributed by atoms with van der Waals surface area (Å²) in [6.45, 7) is 5.88. The highest BCUT2D eigenvalue weighted by Gasteiger charge is 2.34. The number of nitrogens with one attached hydrogen (secondary N) is 1. The molecule has 0 spiro atoms. The summed E-state index contributed by atoms with van der Waals surface area (Å²) in [6.07, 6.45) is 6.30. The molecule has 168 valence electrons. The van der Waals surface area contributed by atoms with E-state index in [9.17, 15) is 13.2 Å². The van der Waals surface area contributed by atoms with Gasteiger partial charge in [0.05, 0.1) is 11.4 Å². The molecule has 1 N–H and O–H groups in total. The van der Waals surface area contributed by atoms with Crippen LogP contribution in [0.2, 0.25) is 0 Å². The maximum atomic E-state index is 13.5. The first-order chi connectivity index (χ1) is 14.9. The van der Waals surface area contributed by atoms with Gasteiger partial charge in [-0.05, 0) is 55.9 Å². The molecule has 3 rings (SSSR count). The van der Waals surface area contributed by atoms with Crippen molar-refractivity contribution >= 4 is 21.6 Å². The van der Waals surface area contributed by atoms with Crippen LogP contribution in [0.15, 0.2) is 47.4 Å². The van der Waals surface area contributed by atoms with Crippen LogP contribution >= 0.6 is 0 Å². The molecule has 1 aliphatic rings. The van der Waals surface area contributed by atoms with Crippen LogP contribution in [0.25, 0.3) is 0 Å². The molecule has 1 saturated carbocycles. The summed E-state index contributed by atoms with van der Waals surface area (Å²) in [4.78, 5) is 13.4. The van der Waals surface area contributed by atoms with Gasteiger partial charge in [-0.3, -0.25) is 4.79 Å². The molecule has 1 amide bonds. The molecule has 0 aromatic heterocycles. The van der Waals surface area contributed by atoms with Crippen molar-refractivity contribution in [1.82, 2.24) is 4.31 Å². The second-order valence-electron chi connectivity index (χ2n) is 8.36. The summed E-state index contributed by atoms with van der Waals surface area (Å²) in [6, 6.07) is 12.8. The normalized spacial score (nSPS) is 15.2. The molecule has 0 saturated heterocycles. The SMILES string of the molecule is CCc1cccc(CC)c1NC(=O)CN(C1CCCCC1)S(=O)(=O)c1ccc(C)cc1. The van der Waals surface area contributed by atoms with E-state index < -0.39 is 10.0 Å². The first kappa shape index (κ1) is 23.5. The number of carbonyl (C=O) groups excluding carboxylic acids is 1. The third-order valence-electron chi connectivity index (χ3n) is 6.17. The number of hydrogen-bond donors (Lipinski definition) is 1. The molecule has 0 aliphatic heterocycles. The van der Waals surface area contributed by atoms with E-state index in [0.717, 1.165) is 67.3 Å². The number of benzene rings is 2. The standard InChI is InChI=1S/C25H34N2O3S/c1-4-20-10-9-11-21(5-2)25(20)26-24(28)18-27(22-12-7-6-8-13-22)31(29,30)23-16-14-19(3)15-17-23/h9-11,14-17,22H,4-8,12-13,18H2,1-3H3,(H,26,28). The monoisotopic (exact) mass is 442 g/mol. The lowest BCUT2D eigenvalue weighted by Gasteiger charge is -2.33. The summed E-state index contributed by atoms with van der Waals surface area (Å²) in [5, 5.41) is 3.04. The first-order valence-electron chi connectivity index (χ1n) is 11.4. The van der Waals surface area contributed by atoms with Gasteiger partial charge in [0, 0.05) is 11.7 Å². The predicted molar refractivity (Wildman–Crippen MR) is 126 cm³/mol. The van der Waals surface area contributed by atoms with Crippen LogP contribution in [0, 0.1) is 6.92 Å². The summed E-state index contributed by atoms with van der Waals surface area (Å²) in [7, 11) is -3.76. The number of amides is 1. The lowest BCUT2D eigenvalue weighted by Crippen LogP contribution is -2.45. The fraction of sp³-hybridized carbons (Fsp3) is 0.480. The van der Waals surface area contributed by atoms with E-state index in [4.69, 9.17) is 0 Å². The van der Waals surface area contributed by atoms with Gasteiger partial charge in [-0.1, -0.05) is 69.0 Å². The van der Waals surface area contributed by atoms with Gasteiger partial charge in [0.25, 0.3) is 0 Å². The zero-order valence-electron chi connectivity index (χ0n) is 18.9. The van der Waals surface area contributed by atoms with Crippen molar-refractivity contribution in [3.63, 3.8) is 0 Å². The van der Waals surface area contributed by atoms with E-state index in [1.54, 1.807) is 24.3 Å². The molecule has 0 bridgehead atoms. The average molecular weight is 443 g/mol. The van der Waals surface area contributed by atoms with E-state index in [1.165, 1.54) is 4.31 Å². The van der Waals surface area contributed by atoms with Crippen molar-refractivity contribution in [2.75, 3.05) is 11.9 Å². The van der Waals surface area contributed by atoms with Gasteiger partial charge in [-0.2, -0.15) is 4.31 Å². The molecule has 5 nitrogen and oxygen atoms in total. The molecular weight excluding hydrogens is 408 g/mol. The summed E-state index contributed by atoms with van der Waals surface area (Å²) in [5.41, 5.74) is 3.97. The van der Waals surface area contributed by atoms with Gasteiger partial charge in [0.1, 0.15) is 0 Å². The summed E-state index contributed by atoms with van der Waals surface area (Å²) in [5.74, 6) is -0.281. The third kappa shape index (κ3) is 5.55. The Morgan fingerprint density at radius 3 is 2.10 bits per heavy atom. The van der Waals surface area contributed by atoms with E-state index in [1.807, 2.05) is 25.1 Å². The Morgan fingerprint density at radius 1 is 0.968 bits per heavy atom. The zero-order valence-corrected chi connectivity index (χ0v) is 19.7. The highest BCUT2D eigenvalue weighted by Crippen LogP contribution is 2.29. The number of nitrogens with zero attached hydrogens (tertiary/aromatic N) is 1. The van der Waals surface area contributed by atoms with Crippen LogP contribution in [0.3, 0.4) is 0 Å². The molecule has 2 aromatic rings. The molecule has 1 fully saturated rings. The smallest absolute Gasteiger partial charge is 0.243 e. The van der Waals surface area contributed by atoms with Gasteiger partial charge < -0.3 is 5.32 Å². The van der Waals surface area contributed by atoms with Gasteiger partial charge >= 0.3 is 0 Å². The predicted octanol–water partition coefficient (Wildman–Crippen LogP) is 5.08. The Morgan fingerprint density at radius 2 is 1.55 bits per heavy atom. The number of aryl methyl sites for hydroxylation is 3. The zero-order chi connectivity index (χ0) is 22.4. The first-order valence-corrected chi connectivity index (χ1v) is 12.8. The van der Waals surface area contributed by atoms with Crippen molar-refractivity contribution < 1.29 is 13.2 Å². The molecule has 2 aromatic carbocycles. The largest absolute Gasteiger partial charge is 0.324 e. The quantitative estimate of drug-likeness (QED) is 0.620. The highest BCUT2D eigenvalue weighted by atomic mass is 32.2. The number of hydrogen-bond acceptors (Lipinski definition) is 3. The Labute approximate surface area is 186 Å². The van der Waals surface area contributed by atoms with Crippen LogP contribution in [-0.4, -0.2) is 31.2 Å². The second kappa shape index (κ2) is 10.4. The highest BCUT2D eigenvalue weighted by molar-refractivity contribution is 7.89. The van der Waals surface area contributed by atoms with Crippen molar-refractivity contribution in [1.29, 1.82) is 0 Å². The topological polar surface area (TPSA) is 66.5 Å². The van der Waals surface area contributed by atoms with E-state index in [0.29, 0.717) is 0 Å². The Balaban J connectivity index is 1.89. The second-order valence-corrected chi connectivity index (χ2v) is 10.3. The molecule has 0 unspecified atom stereocenters. The minimum atomic E-state index is -3.76. The van der Waals surface area contributed by atoms with Crippen LogP contribution < -0.4 is 5.32 Å². The Hall–Kier alpha value is -2.18. The van der Waals surface area contributed by atoms with Crippen LogP contribution in [0.5, 0.6) is 0 Å². The van der Waals surface area contributed by atoms with Crippen molar-refractivity contribution in [3.8, 4) is 0 Å². The van der Waals surface area contributed by atoms with E-state index in [-0.39, 0.29) is 23.4 Å². The minimum Gasteiger partial charge on any atom is -0.324 e. The molecule has 0 heterocycles. The molecular formula is C25H34N2O3S. The maximum Gasteiger partial charge on any atom is 0.243 e. The number of rotatable bonds is 8. The average Bonchev–Trinajstić information content (AvgIpc) is 2.78. The van der Waals surface area contributed by atoms with Crippen LogP contribution in [0.4, 0.5) is 5.69 Å². The molecule has 1 aliphatic carbocycles. The van der Waals surface area contributed by atoms with Crippen molar-refractivity contribution in [3.05, 3.63) is 59.2 Å².